The van der Waals surface area contributed by atoms with Crippen LogP contribution in [0.15, 0.2) is 0 Å². The summed E-state index contributed by atoms with van der Waals surface area (Å²) in [6.07, 6.45) is -0.457. The molecule has 0 saturated carbocycles. The van der Waals surface area contributed by atoms with Crippen LogP contribution in [0.2, 0.25) is 25.7 Å². The standard InChI is InChI=1S/C10H21NO3Si/c1-10(2)8(12)11-14-9(10)13-6-7-15(3,4)5/h9H,6-7H2,1-5H3,(H,11,12). The fourth-order valence-corrected chi connectivity index (χ4v) is 1.94. The molecule has 1 unspecified atom stereocenters. The van der Waals surface area contributed by atoms with Gasteiger partial charge in [-0.05, 0) is 19.9 Å². The van der Waals surface area contributed by atoms with Crippen molar-refractivity contribution in [3.8, 4) is 0 Å². The van der Waals surface area contributed by atoms with Crippen molar-refractivity contribution in [2.24, 2.45) is 5.41 Å². The number of hydrogen-bond acceptors (Lipinski definition) is 3. The number of rotatable bonds is 4. The molecule has 1 rings (SSSR count). The Morgan fingerprint density at radius 2 is 2.07 bits per heavy atom. The summed E-state index contributed by atoms with van der Waals surface area (Å²) in [6.45, 7) is 11.2. The third-order valence-electron chi connectivity index (χ3n) is 2.55. The Kier molecular flexibility index (Phi) is 3.58. The maximum atomic E-state index is 11.4. The first kappa shape index (κ1) is 12.7. The van der Waals surface area contributed by atoms with E-state index in [-0.39, 0.29) is 5.91 Å². The smallest absolute Gasteiger partial charge is 0.254 e. The van der Waals surface area contributed by atoms with E-state index >= 15 is 0 Å². The van der Waals surface area contributed by atoms with Crippen LogP contribution in [0.1, 0.15) is 13.8 Å². The van der Waals surface area contributed by atoms with Crippen LogP contribution in [-0.2, 0) is 14.4 Å². The van der Waals surface area contributed by atoms with Crippen molar-refractivity contribution in [2.45, 2.75) is 45.8 Å². The highest BCUT2D eigenvalue weighted by Crippen LogP contribution is 2.29. The molecule has 1 aliphatic rings. The quantitative estimate of drug-likeness (QED) is 0.750. The predicted molar refractivity (Wildman–Crippen MR) is 60.9 cm³/mol. The molecule has 1 saturated heterocycles. The Morgan fingerprint density at radius 1 is 1.47 bits per heavy atom. The molecule has 4 nitrogen and oxygen atoms in total. The minimum Gasteiger partial charge on any atom is -0.350 e. The van der Waals surface area contributed by atoms with Gasteiger partial charge in [0.15, 0.2) is 6.29 Å². The number of carbonyl (C=O) groups is 1. The van der Waals surface area contributed by atoms with E-state index < -0.39 is 19.8 Å². The molecule has 1 amide bonds. The fourth-order valence-electron chi connectivity index (χ4n) is 1.21. The Bertz CT molecular complexity index is 248. The van der Waals surface area contributed by atoms with Gasteiger partial charge >= 0.3 is 0 Å². The van der Waals surface area contributed by atoms with Crippen LogP contribution in [0.25, 0.3) is 0 Å². The monoisotopic (exact) mass is 231 g/mol. The highest BCUT2D eigenvalue weighted by molar-refractivity contribution is 6.76. The molecule has 0 aromatic carbocycles. The maximum absolute atomic E-state index is 11.4. The third kappa shape index (κ3) is 3.29. The van der Waals surface area contributed by atoms with E-state index in [4.69, 9.17) is 9.57 Å². The second-order valence-corrected chi connectivity index (χ2v) is 11.4. The van der Waals surface area contributed by atoms with Gasteiger partial charge in [-0.3, -0.25) is 4.79 Å². The van der Waals surface area contributed by atoms with Crippen LogP contribution in [0.5, 0.6) is 0 Å². The zero-order valence-electron chi connectivity index (χ0n) is 10.2. The lowest BCUT2D eigenvalue weighted by molar-refractivity contribution is -0.170. The van der Waals surface area contributed by atoms with E-state index in [1.807, 2.05) is 13.8 Å². The Morgan fingerprint density at radius 3 is 2.47 bits per heavy atom. The molecule has 0 aliphatic carbocycles. The Labute approximate surface area is 92.3 Å². The summed E-state index contributed by atoms with van der Waals surface area (Å²) >= 11 is 0. The summed E-state index contributed by atoms with van der Waals surface area (Å²) in [4.78, 5) is 16.4. The van der Waals surface area contributed by atoms with E-state index in [1.54, 1.807) is 0 Å². The van der Waals surface area contributed by atoms with Gasteiger partial charge in [-0.2, -0.15) is 0 Å². The summed E-state index contributed by atoms with van der Waals surface area (Å²) in [5.74, 6) is -0.111. The largest absolute Gasteiger partial charge is 0.350 e. The number of carbonyl (C=O) groups excluding carboxylic acids is 1. The van der Waals surface area contributed by atoms with Crippen LogP contribution in [0.4, 0.5) is 0 Å². The van der Waals surface area contributed by atoms with Gasteiger partial charge < -0.3 is 4.74 Å². The predicted octanol–water partition coefficient (Wildman–Crippen LogP) is 1.75. The average molecular weight is 231 g/mol. The van der Waals surface area contributed by atoms with Gasteiger partial charge in [-0.15, -0.1) is 0 Å². The van der Waals surface area contributed by atoms with Crippen molar-refractivity contribution in [2.75, 3.05) is 6.61 Å². The highest BCUT2D eigenvalue weighted by Gasteiger charge is 2.45. The lowest BCUT2D eigenvalue weighted by Crippen LogP contribution is -2.34. The van der Waals surface area contributed by atoms with Crippen LogP contribution in [0.3, 0.4) is 0 Å². The SMILES string of the molecule is CC1(C)C(=O)NOC1OCC[Si](C)(C)C. The van der Waals surface area contributed by atoms with E-state index in [2.05, 4.69) is 25.1 Å². The molecular weight excluding hydrogens is 210 g/mol. The molecule has 5 heteroatoms. The molecule has 1 fully saturated rings. The molecule has 1 aliphatic heterocycles. The van der Waals surface area contributed by atoms with Crippen molar-refractivity contribution in [1.82, 2.24) is 5.48 Å². The van der Waals surface area contributed by atoms with Crippen LogP contribution < -0.4 is 5.48 Å². The van der Waals surface area contributed by atoms with Gasteiger partial charge in [0.1, 0.15) is 0 Å². The molecule has 15 heavy (non-hydrogen) atoms. The molecule has 1 N–H and O–H groups in total. The van der Waals surface area contributed by atoms with Gasteiger partial charge in [0.25, 0.3) is 5.91 Å². The zero-order valence-corrected chi connectivity index (χ0v) is 11.2. The molecule has 0 spiro atoms. The topological polar surface area (TPSA) is 47.6 Å². The number of hydroxylamine groups is 1. The minimum atomic E-state index is -1.08. The summed E-state index contributed by atoms with van der Waals surface area (Å²) < 4.78 is 5.59. The van der Waals surface area contributed by atoms with E-state index in [0.717, 1.165) is 6.04 Å². The van der Waals surface area contributed by atoms with Crippen LogP contribution in [0, 0.1) is 5.41 Å². The summed E-state index contributed by atoms with van der Waals surface area (Å²) in [7, 11) is -1.08. The number of nitrogens with one attached hydrogen (secondary N) is 1. The molecule has 1 heterocycles. The van der Waals surface area contributed by atoms with Gasteiger partial charge in [0.05, 0.1) is 5.41 Å². The van der Waals surface area contributed by atoms with Crippen molar-refractivity contribution >= 4 is 14.0 Å². The van der Waals surface area contributed by atoms with Crippen molar-refractivity contribution in [3.05, 3.63) is 0 Å². The first-order valence-electron chi connectivity index (χ1n) is 5.31. The van der Waals surface area contributed by atoms with E-state index in [9.17, 15) is 4.79 Å². The first-order valence-corrected chi connectivity index (χ1v) is 9.02. The maximum Gasteiger partial charge on any atom is 0.254 e. The Balaban J connectivity index is 2.38. The average Bonchev–Trinajstić information content (AvgIpc) is 2.29. The van der Waals surface area contributed by atoms with Crippen molar-refractivity contribution in [1.29, 1.82) is 0 Å². The number of hydrogen-bond donors (Lipinski definition) is 1. The molecule has 88 valence electrons. The number of ether oxygens (including phenoxy) is 1. The Hall–Kier alpha value is -0.393. The summed E-state index contributed by atoms with van der Waals surface area (Å²) in [5, 5.41) is 0. The van der Waals surface area contributed by atoms with Crippen LogP contribution in [-0.4, -0.2) is 26.9 Å². The summed E-state index contributed by atoms with van der Waals surface area (Å²) in [5.41, 5.74) is 1.77. The van der Waals surface area contributed by atoms with E-state index in [1.165, 1.54) is 0 Å². The molecular formula is C10H21NO3Si. The van der Waals surface area contributed by atoms with Gasteiger partial charge in [0.2, 0.25) is 0 Å². The lowest BCUT2D eigenvalue weighted by atomic mass is 9.93. The third-order valence-corrected chi connectivity index (χ3v) is 4.26. The zero-order chi connectivity index (χ0) is 11.7. The van der Waals surface area contributed by atoms with Gasteiger partial charge in [-0.25, -0.2) is 10.3 Å². The molecule has 0 aromatic rings. The number of amides is 1. The fraction of sp³-hybridized carbons (Fsp3) is 0.900. The summed E-state index contributed by atoms with van der Waals surface area (Å²) in [6, 6.07) is 1.08. The lowest BCUT2D eigenvalue weighted by Gasteiger charge is -2.23. The second-order valence-electron chi connectivity index (χ2n) is 5.78. The normalized spacial score (nSPS) is 25.4. The molecule has 0 aromatic heterocycles. The molecule has 1 atom stereocenters. The van der Waals surface area contributed by atoms with E-state index in [0.29, 0.717) is 6.61 Å². The highest BCUT2D eigenvalue weighted by atomic mass is 28.3. The van der Waals surface area contributed by atoms with Crippen LogP contribution >= 0.6 is 0 Å². The van der Waals surface area contributed by atoms with Crippen molar-refractivity contribution < 1.29 is 14.4 Å². The minimum absolute atomic E-state index is 0.111. The van der Waals surface area contributed by atoms with Gasteiger partial charge in [0, 0.05) is 14.7 Å². The van der Waals surface area contributed by atoms with Gasteiger partial charge in [-0.1, -0.05) is 19.6 Å². The molecule has 0 radical (unpaired) electrons. The van der Waals surface area contributed by atoms with Crippen molar-refractivity contribution in [3.63, 3.8) is 0 Å². The first-order chi connectivity index (χ1) is 6.73. The second kappa shape index (κ2) is 4.23. The molecule has 0 bridgehead atoms.